The fraction of sp³-hybridized carbons (Fsp3) is 0.500. The average Bonchev–Trinajstić information content (AvgIpc) is 2.34. The summed E-state index contributed by atoms with van der Waals surface area (Å²) in [6, 6.07) is 6.44. The highest BCUT2D eigenvalue weighted by Gasteiger charge is 2.21. The van der Waals surface area contributed by atoms with Crippen molar-refractivity contribution in [2.24, 2.45) is 0 Å². The van der Waals surface area contributed by atoms with Crippen molar-refractivity contribution in [3.05, 3.63) is 29.3 Å². The lowest BCUT2D eigenvalue weighted by molar-refractivity contribution is -0.129. The van der Waals surface area contributed by atoms with Crippen LogP contribution in [0.4, 0.5) is 5.69 Å². The molecule has 4 heteroatoms. The van der Waals surface area contributed by atoms with Gasteiger partial charge in [0, 0.05) is 32.4 Å². The van der Waals surface area contributed by atoms with E-state index in [-0.39, 0.29) is 5.91 Å². The molecule has 0 aromatic heterocycles. The van der Waals surface area contributed by atoms with Crippen LogP contribution in [-0.4, -0.2) is 44.5 Å². The van der Waals surface area contributed by atoms with Gasteiger partial charge in [-0.1, -0.05) is 12.1 Å². The van der Waals surface area contributed by atoms with E-state index in [0.29, 0.717) is 6.54 Å². The molecule has 4 nitrogen and oxygen atoms in total. The Hall–Kier alpha value is -1.55. The smallest absolute Gasteiger partial charge is 0.241 e. The van der Waals surface area contributed by atoms with Crippen LogP contribution in [0, 0.1) is 6.92 Å². The Morgan fingerprint density at radius 2 is 2.11 bits per heavy atom. The predicted molar refractivity (Wildman–Crippen MR) is 73.8 cm³/mol. The topological polar surface area (TPSA) is 35.6 Å². The molecule has 1 heterocycles. The number of rotatable bonds is 3. The number of nitrogens with zero attached hydrogens (tertiary/aromatic N) is 2. The zero-order chi connectivity index (χ0) is 13.1. The number of hydrogen-bond acceptors (Lipinski definition) is 3. The standard InChI is InChI=1S/C14H21N3O/c1-11-8-12(9-15-2)4-5-13(11)17-7-6-16(3)14(18)10-17/h4-5,8,15H,6-7,9-10H2,1-3H3. The molecule has 98 valence electrons. The van der Waals surface area contributed by atoms with Gasteiger partial charge in [0.05, 0.1) is 6.54 Å². The van der Waals surface area contributed by atoms with E-state index < -0.39 is 0 Å². The van der Waals surface area contributed by atoms with Crippen molar-refractivity contribution in [3.63, 3.8) is 0 Å². The molecule has 0 spiro atoms. The summed E-state index contributed by atoms with van der Waals surface area (Å²) in [7, 11) is 3.81. The third-order valence-corrected chi connectivity index (χ3v) is 3.44. The molecule has 0 radical (unpaired) electrons. The van der Waals surface area contributed by atoms with Crippen molar-refractivity contribution in [3.8, 4) is 0 Å². The molecule has 0 unspecified atom stereocenters. The number of carbonyl (C=O) groups excluding carboxylic acids is 1. The summed E-state index contributed by atoms with van der Waals surface area (Å²) in [5.74, 6) is 0.194. The molecule has 1 fully saturated rings. The second-order valence-corrected chi connectivity index (χ2v) is 4.89. The molecule has 2 rings (SSSR count). The number of benzene rings is 1. The Bertz CT molecular complexity index is 445. The fourth-order valence-corrected chi connectivity index (χ4v) is 2.35. The maximum atomic E-state index is 11.7. The molecule has 0 atom stereocenters. The number of hydrogen-bond donors (Lipinski definition) is 1. The third-order valence-electron chi connectivity index (χ3n) is 3.44. The summed E-state index contributed by atoms with van der Waals surface area (Å²) >= 11 is 0. The van der Waals surface area contributed by atoms with Crippen molar-refractivity contribution in [2.75, 3.05) is 38.6 Å². The molecule has 0 bridgehead atoms. The van der Waals surface area contributed by atoms with Gasteiger partial charge in [-0.25, -0.2) is 0 Å². The first kappa shape index (κ1) is 12.9. The van der Waals surface area contributed by atoms with Gasteiger partial charge in [-0.2, -0.15) is 0 Å². The van der Waals surface area contributed by atoms with E-state index >= 15 is 0 Å². The van der Waals surface area contributed by atoms with Gasteiger partial charge >= 0.3 is 0 Å². The van der Waals surface area contributed by atoms with E-state index in [9.17, 15) is 4.79 Å². The van der Waals surface area contributed by atoms with Crippen LogP contribution in [-0.2, 0) is 11.3 Å². The van der Waals surface area contributed by atoms with Crippen molar-refractivity contribution in [2.45, 2.75) is 13.5 Å². The average molecular weight is 247 g/mol. The molecular formula is C14H21N3O. The van der Waals surface area contributed by atoms with Gasteiger partial charge in [0.15, 0.2) is 0 Å². The lowest BCUT2D eigenvalue weighted by Crippen LogP contribution is -2.48. The van der Waals surface area contributed by atoms with Gasteiger partial charge in [-0.05, 0) is 31.2 Å². The van der Waals surface area contributed by atoms with Crippen LogP contribution in [0.15, 0.2) is 18.2 Å². The normalized spacial score (nSPS) is 16.3. The van der Waals surface area contributed by atoms with Crippen molar-refractivity contribution >= 4 is 11.6 Å². The second-order valence-electron chi connectivity index (χ2n) is 4.89. The third kappa shape index (κ3) is 2.64. The van der Waals surface area contributed by atoms with E-state index in [1.807, 2.05) is 14.1 Å². The van der Waals surface area contributed by atoms with Crippen molar-refractivity contribution in [1.82, 2.24) is 10.2 Å². The lowest BCUT2D eigenvalue weighted by atomic mass is 10.1. The molecule has 18 heavy (non-hydrogen) atoms. The number of carbonyl (C=O) groups is 1. The van der Waals surface area contributed by atoms with E-state index in [1.165, 1.54) is 16.8 Å². The van der Waals surface area contributed by atoms with Crippen LogP contribution >= 0.6 is 0 Å². The molecular weight excluding hydrogens is 226 g/mol. The largest absolute Gasteiger partial charge is 0.360 e. The Kier molecular flexibility index (Phi) is 3.87. The monoisotopic (exact) mass is 247 g/mol. The van der Waals surface area contributed by atoms with Crippen LogP contribution in [0.3, 0.4) is 0 Å². The van der Waals surface area contributed by atoms with E-state index in [4.69, 9.17) is 0 Å². The van der Waals surface area contributed by atoms with Gasteiger partial charge in [0.1, 0.15) is 0 Å². The van der Waals surface area contributed by atoms with Gasteiger partial charge in [0.25, 0.3) is 0 Å². The summed E-state index contributed by atoms with van der Waals surface area (Å²) < 4.78 is 0. The van der Waals surface area contributed by atoms with Crippen LogP contribution in [0.1, 0.15) is 11.1 Å². The Balaban J connectivity index is 2.16. The maximum absolute atomic E-state index is 11.7. The van der Waals surface area contributed by atoms with E-state index in [2.05, 4.69) is 35.3 Å². The number of piperazine rings is 1. The Labute approximate surface area is 109 Å². The number of likely N-dealkylation sites (N-methyl/N-ethyl adjacent to an activating group) is 1. The highest BCUT2D eigenvalue weighted by molar-refractivity contribution is 5.83. The zero-order valence-electron chi connectivity index (χ0n) is 11.4. The molecule has 1 saturated heterocycles. The highest BCUT2D eigenvalue weighted by atomic mass is 16.2. The Morgan fingerprint density at radius 1 is 1.33 bits per heavy atom. The zero-order valence-corrected chi connectivity index (χ0v) is 11.4. The molecule has 1 aliphatic heterocycles. The van der Waals surface area contributed by atoms with E-state index in [0.717, 1.165) is 19.6 Å². The first-order valence-corrected chi connectivity index (χ1v) is 6.35. The van der Waals surface area contributed by atoms with Gasteiger partial charge in [-0.15, -0.1) is 0 Å². The number of nitrogens with one attached hydrogen (secondary N) is 1. The van der Waals surface area contributed by atoms with E-state index in [1.54, 1.807) is 4.90 Å². The minimum atomic E-state index is 0.194. The summed E-state index contributed by atoms with van der Waals surface area (Å²) in [4.78, 5) is 15.7. The van der Waals surface area contributed by atoms with Gasteiger partial charge in [0.2, 0.25) is 5.91 Å². The molecule has 1 amide bonds. The SMILES string of the molecule is CNCc1ccc(N2CCN(C)C(=O)C2)c(C)c1. The fourth-order valence-electron chi connectivity index (χ4n) is 2.35. The lowest BCUT2D eigenvalue weighted by Gasteiger charge is -2.34. The summed E-state index contributed by atoms with van der Waals surface area (Å²) in [5, 5.41) is 3.15. The minimum Gasteiger partial charge on any atom is -0.360 e. The summed E-state index contributed by atoms with van der Waals surface area (Å²) in [6.45, 7) is 5.19. The van der Waals surface area contributed by atoms with Crippen LogP contribution in [0.25, 0.3) is 0 Å². The number of anilines is 1. The Morgan fingerprint density at radius 3 is 2.72 bits per heavy atom. The summed E-state index contributed by atoms with van der Waals surface area (Å²) in [5.41, 5.74) is 3.69. The van der Waals surface area contributed by atoms with Gasteiger partial charge < -0.3 is 15.1 Å². The molecule has 1 aromatic rings. The first-order valence-electron chi connectivity index (χ1n) is 6.35. The minimum absolute atomic E-state index is 0.194. The number of aryl methyl sites for hydroxylation is 1. The second kappa shape index (κ2) is 5.40. The molecule has 1 aliphatic rings. The summed E-state index contributed by atoms with van der Waals surface area (Å²) in [6.07, 6.45) is 0. The molecule has 1 N–H and O–H groups in total. The predicted octanol–water partition coefficient (Wildman–Crippen LogP) is 0.993. The van der Waals surface area contributed by atoms with Crippen LogP contribution < -0.4 is 10.2 Å². The highest BCUT2D eigenvalue weighted by Crippen LogP contribution is 2.22. The molecule has 1 aromatic carbocycles. The first-order chi connectivity index (χ1) is 8.61. The maximum Gasteiger partial charge on any atom is 0.241 e. The number of amides is 1. The van der Waals surface area contributed by atoms with Crippen molar-refractivity contribution < 1.29 is 4.79 Å². The van der Waals surface area contributed by atoms with Crippen LogP contribution in [0.2, 0.25) is 0 Å². The van der Waals surface area contributed by atoms with Gasteiger partial charge in [-0.3, -0.25) is 4.79 Å². The molecule has 0 saturated carbocycles. The molecule has 0 aliphatic carbocycles. The van der Waals surface area contributed by atoms with Crippen molar-refractivity contribution in [1.29, 1.82) is 0 Å². The van der Waals surface area contributed by atoms with Crippen LogP contribution in [0.5, 0.6) is 0 Å². The quantitative estimate of drug-likeness (QED) is 0.865.